The van der Waals surface area contributed by atoms with E-state index in [1.165, 1.54) is 5.56 Å². The van der Waals surface area contributed by atoms with Crippen LogP contribution in [0.3, 0.4) is 0 Å². The van der Waals surface area contributed by atoms with Crippen molar-refractivity contribution < 1.29 is 14.9 Å². The van der Waals surface area contributed by atoms with E-state index in [9.17, 15) is 5.11 Å². The van der Waals surface area contributed by atoms with Gasteiger partial charge in [-0.05, 0) is 36.7 Å². The van der Waals surface area contributed by atoms with E-state index in [4.69, 9.17) is 9.84 Å². The monoisotopic (exact) mass is 250 g/mol. The number of rotatable bonds is 7. The molecule has 0 aliphatic heterocycles. The molecule has 0 amide bonds. The van der Waals surface area contributed by atoms with Gasteiger partial charge in [-0.3, -0.25) is 0 Å². The van der Waals surface area contributed by atoms with Crippen LogP contribution < -0.4 is 0 Å². The lowest BCUT2D eigenvalue weighted by Gasteiger charge is -2.46. The summed E-state index contributed by atoms with van der Waals surface area (Å²) in [6.45, 7) is 1.06. The van der Waals surface area contributed by atoms with Crippen LogP contribution in [0.5, 0.6) is 0 Å². The Morgan fingerprint density at radius 3 is 2.50 bits per heavy atom. The molecular weight excluding hydrogens is 228 g/mol. The molecule has 1 aromatic rings. The molecule has 0 bridgehead atoms. The van der Waals surface area contributed by atoms with Gasteiger partial charge in [-0.1, -0.05) is 30.3 Å². The third kappa shape index (κ3) is 3.31. The second-order valence-corrected chi connectivity index (χ2v) is 5.31. The zero-order valence-electron chi connectivity index (χ0n) is 10.7. The molecule has 2 rings (SSSR count). The molecule has 0 aromatic heterocycles. The number of hydrogen-bond donors (Lipinski definition) is 2. The van der Waals surface area contributed by atoms with Gasteiger partial charge in [0.25, 0.3) is 0 Å². The van der Waals surface area contributed by atoms with Gasteiger partial charge < -0.3 is 14.9 Å². The van der Waals surface area contributed by atoms with Gasteiger partial charge in [-0.25, -0.2) is 0 Å². The zero-order chi connectivity index (χ0) is 12.8. The standard InChI is InChI=1S/C15H22O3/c16-8-4-7-15(12-17)9-14(10-15)18-11-13-5-2-1-3-6-13/h1-3,5-6,14,16-17H,4,7-12H2. The van der Waals surface area contributed by atoms with Crippen molar-refractivity contribution in [2.75, 3.05) is 13.2 Å². The first kappa shape index (κ1) is 13.5. The van der Waals surface area contributed by atoms with E-state index < -0.39 is 0 Å². The molecule has 100 valence electrons. The summed E-state index contributed by atoms with van der Waals surface area (Å²) in [6.07, 6.45) is 3.75. The van der Waals surface area contributed by atoms with E-state index in [0.29, 0.717) is 6.61 Å². The van der Waals surface area contributed by atoms with Crippen molar-refractivity contribution in [1.29, 1.82) is 0 Å². The Labute approximate surface area is 108 Å². The van der Waals surface area contributed by atoms with Crippen LogP contribution in [0.4, 0.5) is 0 Å². The number of hydrogen-bond acceptors (Lipinski definition) is 3. The molecule has 18 heavy (non-hydrogen) atoms. The minimum Gasteiger partial charge on any atom is -0.396 e. The molecule has 1 aromatic carbocycles. The van der Waals surface area contributed by atoms with Crippen molar-refractivity contribution in [2.24, 2.45) is 5.41 Å². The van der Waals surface area contributed by atoms with Crippen LogP contribution in [0, 0.1) is 5.41 Å². The van der Waals surface area contributed by atoms with Crippen molar-refractivity contribution in [3.8, 4) is 0 Å². The fraction of sp³-hybridized carbons (Fsp3) is 0.600. The zero-order valence-corrected chi connectivity index (χ0v) is 10.7. The van der Waals surface area contributed by atoms with E-state index in [0.717, 1.165) is 25.7 Å². The van der Waals surface area contributed by atoms with E-state index in [1.54, 1.807) is 0 Å². The van der Waals surface area contributed by atoms with Crippen LogP contribution in [0.1, 0.15) is 31.2 Å². The molecule has 1 saturated carbocycles. The molecule has 1 aliphatic rings. The first-order chi connectivity index (χ1) is 8.78. The Bertz CT molecular complexity index is 344. The van der Waals surface area contributed by atoms with Crippen LogP contribution in [0.2, 0.25) is 0 Å². The molecule has 0 heterocycles. The number of aliphatic hydroxyl groups excluding tert-OH is 2. The average Bonchev–Trinajstić information content (AvgIpc) is 2.38. The van der Waals surface area contributed by atoms with Gasteiger partial charge in [0, 0.05) is 13.2 Å². The molecule has 0 saturated heterocycles. The molecule has 1 aliphatic carbocycles. The molecule has 1 fully saturated rings. The van der Waals surface area contributed by atoms with E-state index in [1.807, 2.05) is 18.2 Å². The maximum Gasteiger partial charge on any atom is 0.0720 e. The summed E-state index contributed by atoms with van der Waals surface area (Å²) in [6, 6.07) is 10.1. The van der Waals surface area contributed by atoms with Gasteiger partial charge in [0.05, 0.1) is 12.7 Å². The summed E-state index contributed by atoms with van der Waals surface area (Å²) in [5.74, 6) is 0. The van der Waals surface area contributed by atoms with E-state index in [2.05, 4.69) is 12.1 Å². The van der Waals surface area contributed by atoms with Gasteiger partial charge in [-0.15, -0.1) is 0 Å². The summed E-state index contributed by atoms with van der Waals surface area (Å²) in [5, 5.41) is 18.3. The highest BCUT2D eigenvalue weighted by Gasteiger charge is 2.43. The second kappa shape index (κ2) is 6.32. The predicted octanol–water partition coefficient (Wildman–Crippen LogP) is 2.12. The first-order valence-electron chi connectivity index (χ1n) is 6.65. The summed E-state index contributed by atoms with van der Waals surface area (Å²) >= 11 is 0. The first-order valence-corrected chi connectivity index (χ1v) is 6.65. The number of ether oxygens (including phenoxy) is 1. The maximum absolute atomic E-state index is 9.43. The van der Waals surface area contributed by atoms with Crippen LogP contribution in [-0.2, 0) is 11.3 Å². The second-order valence-electron chi connectivity index (χ2n) is 5.31. The quantitative estimate of drug-likeness (QED) is 0.779. The van der Waals surface area contributed by atoms with Crippen molar-refractivity contribution in [3.63, 3.8) is 0 Å². The lowest BCUT2D eigenvalue weighted by Crippen LogP contribution is -2.45. The smallest absolute Gasteiger partial charge is 0.0720 e. The van der Waals surface area contributed by atoms with Crippen molar-refractivity contribution in [3.05, 3.63) is 35.9 Å². The van der Waals surface area contributed by atoms with Gasteiger partial charge >= 0.3 is 0 Å². The molecular formula is C15H22O3. The lowest BCUT2D eigenvalue weighted by molar-refractivity contribution is -0.113. The lowest BCUT2D eigenvalue weighted by atomic mass is 9.64. The van der Waals surface area contributed by atoms with Gasteiger partial charge in [0.15, 0.2) is 0 Å². The molecule has 3 nitrogen and oxygen atoms in total. The number of aliphatic hydroxyl groups is 2. The predicted molar refractivity (Wildman–Crippen MR) is 70.1 cm³/mol. The van der Waals surface area contributed by atoms with Crippen LogP contribution in [0.15, 0.2) is 30.3 Å². The van der Waals surface area contributed by atoms with Gasteiger partial charge in [-0.2, -0.15) is 0 Å². The highest BCUT2D eigenvalue weighted by Crippen LogP contribution is 2.46. The minimum atomic E-state index is 0.00405. The molecule has 0 atom stereocenters. The fourth-order valence-corrected chi connectivity index (χ4v) is 2.68. The fourth-order valence-electron chi connectivity index (χ4n) is 2.68. The van der Waals surface area contributed by atoms with Gasteiger partial charge in [0.1, 0.15) is 0 Å². The van der Waals surface area contributed by atoms with Crippen LogP contribution in [-0.4, -0.2) is 29.5 Å². The van der Waals surface area contributed by atoms with Crippen molar-refractivity contribution in [2.45, 2.75) is 38.4 Å². The van der Waals surface area contributed by atoms with Crippen molar-refractivity contribution in [1.82, 2.24) is 0 Å². The van der Waals surface area contributed by atoms with Crippen molar-refractivity contribution >= 4 is 0 Å². The Balaban J connectivity index is 1.72. The third-order valence-corrected chi connectivity index (χ3v) is 3.85. The highest BCUT2D eigenvalue weighted by molar-refractivity contribution is 5.13. The van der Waals surface area contributed by atoms with Gasteiger partial charge in [0.2, 0.25) is 0 Å². The Morgan fingerprint density at radius 1 is 1.17 bits per heavy atom. The Morgan fingerprint density at radius 2 is 1.89 bits per heavy atom. The summed E-state index contributed by atoms with van der Waals surface area (Å²) in [5.41, 5.74) is 1.19. The largest absolute Gasteiger partial charge is 0.396 e. The summed E-state index contributed by atoms with van der Waals surface area (Å²) < 4.78 is 5.83. The Kier molecular flexibility index (Phi) is 4.75. The SMILES string of the molecule is OCCCC1(CO)CC(OCc2ccccc2)C1. The third-order valence-electron chi connectivity index (χ3n) is 3.85. The van der Waals surface area contributed by atoms with Crippen LogP contribution >= 0.6 is 0 Å². The maximum atomic E-state index is 9.43. The average molecular weight is 250 g/mol. The van der Waals surface area contributed by atoms with E-state index in [-0.39, 0.29) is 24.7 Å². The number of benzene rings is 1. The highest BCUT2D eigenvalue weighted by atomic mass is 16.5. The molecule has 0 radical (unpaired) electrons. The van der Waals surface area contributed by atoms with E-state index >= 15 is 0 Å². The van der Waals surface area contributed by atoms with Crippen LogP contribution in [0.25, 0.3) is 0 Å². The molecule has 2 N–H and O–H groups in total. The minimum absolute atomic E-state index is 0.00405. The Hall–Kier alpha value is -0.900. The molecule has 3 heteroatoms. The summed E-state index contributed by atoms with van der Waals surface area (Å²) in [7, 11) is 0. The topological polar surface area (TPSA) is 49.7 Å². The summed E-state index contributed by atoms with van der Waals surface area (Å²) in [4.78, 5) is 0. The normalized spacial score (nSPS) is 26.9. The molecule has 0 unspecified atom stereocenters. The molecule has 0 spiro atoms.